The van der Waals surface area contributed by atoms with Crippen molar-refractivity contribution >= 4 is 46.4 Å². The molecule has 0 spiro atoms. The summed E-state index contributed by atoms with van der Waals surface area (Å²) < 4.78 is 5.53. The molecule has 0 fully saturated rings. The molecular formula is C15H12Cl3NO2. The zero-order chi connectivity index (χ0) is 15.4. The lowest BCUT2D eigenvalue weighted by atomic mass is 10.3. The minimum atomic E-state index is -0.736. The van der Waals surface area contributed by atoms with Crippen molar-refractivity contribution in [3.05, 3.63) is 57.5 Å². The smallest absolute Gasteiger partial charge is 0.265 e. The molecule has 2 rings (SSSR count). The Morgan fingerprint density at radius 2 is 1.81 bits per heavy atom. The van der Waals surface area contributed by atoms with Crippen LogP contribution in [0.2, 0.25) is 15.1 Å². The van der Waals surface area contributed by atoms with Crippen LogP contribution in [0.4, 0.5) is 5.69 Å². The highest BCUT2D eigenvalue weighted by molar-refractivity contribution is 6.35. The summed E-state index contributed by atoms with van der Waals surface area (Å²) in [4.78, 5) is 12.1. The molecule has 0 aromatic heterocycles. The van der Waals surface area contributed by atoms with Crippen LogP contribution in [-0.4, -0.2) is 12.0 Å². The van der Waals surface area contributed by atoms with E-state index >= 15 is 0 Å². The van der Waals surface area contributed by atoms with E-state index < -0.39 is 6.10 Å². The summed E-state index contributed by atoms with van der Waals surface area (Å²) in [6, 6.07) is 11.8. The van der Waals surface area contributed by atoms with E-state index in [9.17, 15) is 4.79 Å². The van der Waals surface area contributed by atoms with Gasteiger partial charge in [-0.1, -0.05) is 46.9 Å². The molecule has 1 atom stereocenters. The largest absolute Gasteiger partial charge is 0.479 e. The fourth-order valence-electron chi connectivity index (χ4n) is 1.61. The summed E-state index contributed by atoms with van der Waals surface area (Å²) >= 11 is 17.8. The molecule has 1 N–H and O–H groups in total. The Balaban J connectivity index is 2.04. The van der Waals surface area contributed by atoms with Crippen LogP contribution < -0.4 is 10.1 Å². The van der Waals surface area contributed by atoms with Gasteiger partial charge in [0.2, 0.25) is 0 Å². The molecule has 2 aromatic rings. The van der Waals surface area contributed by atoms with Crippen molar-refractivity contribution in [2.75, 3.05) is 5.32 Å². The second-order valence-corrected chi connectivity index (χ2v) is 5.55. The van der Waals surface area contributed by atoms with E-state index in [1.54, 1.807) is 49.4 Å². The molecule has 0 saturated carbocycles. The van der Waals surface area contributed by atoms with Crippen LogP contribution in [0.25, 0.3) is 0 Å². The van der Waals surface area contributed by atoms with Gasteiger partial charge in [-0.3, -0.25) is 4.79 Å². The molecule has 1 unspecified atom stereocenters. The number of amides is 1. The summed E-state index contributed by atoms with van der Waals surface area (Å²) in [6.45, 7) is 1.62. The molecule has 0 aliphatic rings. The van der Waals surface area contributed by atoms with Crippen LogP contribution in [0.1, 0.15) is 6.92 Å². The van der Waals surface area contributed by atoms with Gasteiger partial charge in [-0.25, -0.2) is 0 Å². The highest BCUT2D eigenvalue weighted by Crippen LogP contribution is 2.28. The number of para-hydroxylation sites is 1. The Bertz CT molecular complexity index is 661. The summed E-state index contributed by atoms with van der Waals surface area (Å²) in [5.41, 5.74) is 0.529. The molecule has 0 bridgehead atoms. The maximum atomic E-state index is 12.1. The van der Waals surface area contributed by atoms with Crippen LogP contribution in [0.5, 0.6) is 5.75 Å². The van der Waals surface area contributed by atoms with Gasteiger partial charge in [0.25, 0.3) is 5.91 Å². The van der Waals surface area contributed by atoms with Gasteiger partial charge in [0.15, 0.2) is 6.10 Å². The number of ether oxygens (including phenoxy) is 1. The van der Waals surface area contributed by atoms with Crippen molar-refractivity contribution in [2.24, 2.45) is 0 Å². The van der Waals surface area contributed by atoms with Gasteiger partial charge < -0.3 is 10.1 Å². The zero-order valence-corrected chi connectivity index (χ0v) is 13.3. The Morgan fingerprint density at radius 3 is 2.48 bits per heavy atom. The third-order valence-corrected chi connectivity index (χ3v) is 3.56. The molecular weight excluding hydrogens is 333 g/mol. The lowest BCUT2D eigenvalue weighted by Crippen LogP contribution is -2.30. The quantitative estimate of drug-likeness (QED) is 0.842. The first-order chi connectivity index (χ1) is 9.97. The van der Waals surface area contributed by atoms with E-state index in [2.05, 4.69) is 5.32 Å². The van der Waals surface area contributed by atoms with Crippen LogP contribution >= 0.6 is 34.8 Å². The normalized spacial score (nSPS) is 11.8. The predicted molar refractivity (Wildman–Crippen MR) is 86.6 cm³/mol. The van der Waals surface area contributed by atoms with E-state index in [1.807, 2.05) is 0 Å². The van der Waals surface area contributed by atoms with Crippen LogP contribution in [0.3, 0.4) is 0 Å². The SMILES string of the molecule is CC(Oc1ccc(Cl)cc1Cl)C(=O)Nc1ccccc1Cl. The van der Waals surface area contributed by atoms with Crippen LogP contribution in [-0.2, 0) is 4.79 Å². The van der Waals surface area contributed by atoms with Gasteiger partial charge in [-0.05, 0) is 37.3 Å². The molecule has 21 heavy (non-hydrogen) atoms. The molecule has 0 radical (unpaired) electrons. The Hall–Kier alpha value is -1.42. The van der Waals surface area contributed by atoms with E-state index in [0.29, 0.717) is 26.5 Å². The molecule has 0 aliphatic heterocycles. The predicted octanol–water partition coefficient (Wildman–Crippen LogP) is 5.05. The lowest BCUT2D eigenvalue weighted by Gasteiger charge is -2.16. The highest BCUT2D eigenvalue weighted by Gasteiger charge is 2.17. The topological polar surface area (TPSA) is 38.3 Å². The number of halogens is 3. The zero-order valence-electron chi connectivity index (χ0n) is 11.1. The lowest BCUT2D eigenvalue weighted by molar-refractivity contribution is -0.122. The number of hydrogen-bond acceptors (Lipinski definition) is 2. The van der Waals surface area contributed by atoms with Crippen molar-refractivity contribution in [1.82, 2.24) is 0 Å². The molecule has 1 amide bonds. The minimum absolute atomic E-state index is 0.325. The first-order valence-electron chi connectivity index (χ1n) is 6.14. The number of hydrogen-bond donors (Lipinski definition) is 1. The van der Waals surface area contributed by atoms with Crippen LogP contribution in [0.15, 0.2) is 42.5 Å². The number of nitrogens with one attached hydrogen (secondary N) is 1. The summed E-state index contributed by atoms with van der Waals surface area (Å²) in [5.74, 6) is 0.0667. The van der Waals surface area contributed by atoms with Gasteiger partial charge >= 0.3 is 0 Å². The third kappa shape index (κ3) is 4.27. The average Bonchev–Trinajstić information content (AvgIpc) is 2.44. The number of anilines is 1. The maximum absolute atomic E-state index is 12.1. The number of benzene rings is 2. The molecule has 0 saturated heterocycles. The van der Waals surface area contributed by atoms with Gasteiger partial charge in [0.1, 0.15) is 5.75 Å². The maximum Gasteiger partial charge on any atom is 0.265 e. The van der Waals surface area contributed by atoms with Gasteiger partial charge in [-0.2, -0.15) is 0 Å². The molecule has 6 heteroatoms. The molecule has 0 aliphatic carbocycles. The van der Waals surface area contributed by atoms with Crippen molar-refractivity contribution in [1.29, 1.82) is 0 Å². The second-order valence-electron chi connectivity index (χ2n) is 4.30. The third-order valence-electron chi connectivity index (χ3n) is 2.70. The summed E-state index contributed by atoms with van der Waals surface area (Å²) in [7, 11) is 0. The molecule has 2 aromatic carbocycles. The highest BCUT2D eigenvalue weighted by atomic mass is 35.5. The number of rotatable bonds is 4. The van der Waals surface area contributed by atoms with E-state index in [-0.39, 0.29) is 5.91 Å². The van der Waals surface area contributed by atoms with Crippen molar-refractivity contribution in [3.63, 3.8) is 0 Å². The minimum Gasteiger partial charge on any atom is -0.479 e. The monoisotopic (exact) mass is 343 g/mol. The van der Waals surface area contributed by atoms with E-state index in [0.717, 1.165) is 0 Å². The molecule has 3 nitrogen and oxygen atoms in total. The van der Waals surface area contributed by atoms with Gasteiger partial charge in [0.05, 0.1) is 15.7 Å². The fourth-order valence-corrected chi connectivity index (χ4v) is 2.25. The Labute approximate surface area is 137 Å². The average molecular weight is 345 g/mol. The van der Waals surface area contributed by atoms with Crippen molar-refractivity contribution in [3.8, 4) is 5.75 Å². The molecule has 110 valence electrons. The van der Waals surface area contributed by atoms with E-state index in [1.165, 1.54) is 0 Å². The van der Waals surface area contributed by atoms with Crippen molar-refractivity contribution < 1.29 is 9.53 Å². The second kappa shape index (κ2) is 7.03. The molecule has 0 heterocycles. The summed E-state index contributed by atoms with van der Waals surface area (Å²) in [5, 5.41) is 4.00. The van der Waals surface area contributed by atoms with Crippen LogP contribution in [0, 0.1) is 0 Å². The van der Waals surface area contributed by atoms with E-state index in [4.69, 9.17) is 39.5 Å². The van der Waals surface area contributed by atoms with Crippen molar-refractivity contribution in [2.45, 2.75) is 13.0 Å². The van der Waals surface area contributed by atoms with Gasteiger partial charge in [-0.15, -0.1) is 0 Å². The first-order valence-corrected chi connectivity index (χ1v) is 7.28. The van der Waals surface area contributed by atoms with Gasteiger partial charge in [0, 0.05) is 5.02 Å². The number of carbonyl (C=O) groups excluding carboxylic acids is 1. The Kier molecular flexibility index (Phi) is 5.34. The first kappa shape index (κ1) is 16.0. The Morgan fingerprint density at radius 1 is 1.10 bits per heavy atom. The standard InChI is InChI=1S/C15H12Cl3NO2/c1-9(21-14-7-6-10(16)8-12(14)18)15(20)19-13-5-3-2-4-11(13)17/h2-9H,1H3,(H,19,20). The fraction of sp³-hybridized carbons (Fsp3) is 0.133. The number of carbonyl (C=O) groups is 1. The summed E-state index contributed by atoms with van der Waals surface area (Å²) in [6.07, 6.45) is -0.736.